The fraction of sp³-hybridized carbons (Fsp3) is 0.417. The molecule has 1 heterocycles. The van der Waals surface area contributed by atoms with Crippen LogP contribution in [0.1, 0.15) is 23.2 Å². The molecule has 1 aliphatic rings. The van der Waals surface area contributed by atoms with Gasteiger partial charge in [-0.2, -0.15) is 0 Å². The number of carbonyl (C=O) groups is 1. The highest BCUT2D eigenvalue weighted by Crippen LogP contribution is 2.19. The van der Waals surface area contributed by atoms with Crippen LogP contribution in [0.3, 0.4) is 0 Å². The van der Waals surface area contributed by atoms with E-state index in [2.05, 4.69) is 0 Å². The van der Waals surface area contributed by atoms with Gasteiger partial charge in [0.15, 0.2) is 0 Å². The van der Waals surface area contributed by atoms with Gasteiger partial charge in [-0.1, -0.05) is 0 Å². The van der Waals surface area contributed by atoms with E-state index in [-0.39, 0.29) is 17.3 Å². The number of hydrogen-bond donors (Lipinski definition) is 1. The molecule has 102 valence electrons. The van der Waals surface area contributed by atoms with E-state index in [9.17, 15) is 19.3 Å². The second kappa shape index (κ2) is 5.31. The molecule has 1 fully saturated rings. The Kier molecular flexibility index (Phi) is 3.75. The molecule has 7 heteroatoms. The number of nitrogens with two attached hydrogens (primary N) is 1. The Labute approximate surface area is 109 Å². The van der Waals surface area contributed by atoms with Gasteiger partial charge in [-0.15, -0.1) is 0 Å². The van der Waals surface area contributed by atoms with Gasteiger partial charge < -0.3 is 10.6 Å². The van der Waals surface area contributed by atoms with Crippen molar-refractivity contribution in [3.63, 3.8) is 0 Å². The summed E-state index contributed by atoms with van der Waals surface area (Å²) in [6.07, 6.45) is 1.62. The molecular formula is C12H14FN3O3. The maximum Gasteiger partial charge on any atom is 0.272 e. The number of nitro groups is 1. The third-order valence-electron chi connectivity index (χ3n) is 3.14. The van der Waals surface area contributed by atoms with E-state index in [1.54, 1.807) is 0 Å². The molecule has 0 bridgehead atoms. The SMILES string of the molecule is NC1CCCN(C(=O)c2ccc([N+](=O)[O-])cc2F)C1. The molecule has 0 aliphatic carbocycles. The Bertz CT molecular complexity index is 521. The molecule has 1 aromatic carbocycles. The van der Waals surface area contributed by atoms with Gasteiger partial charge in [0.1, 0.15) is 5.82 Å². The van der Waals surface area contributed by atoms with Gasteiger partial charge in [0.2, 0.25) is 0 Å². The lowest BCUT2D eigenvalue weighted by molar-refractivity contribution is -0.385. The van der Waals surface area contributed by atoms with Gasteiger partial charge in [-0.25, -0.2) is 4.39 Å². The molecule has 1 aromatic rings. The Hall–Kier alpha value is -2.02. The highest BCUT2D eigenvalue weighted by molar-refractivity contribution is 5.94. The summed E-state index contributed by atoms with van der Waals surface area (Å²) in [5.74, 6) is -1.35. The number of rotatable bonds is 2. The first kappa shape index (κ1) is 13.4. The summed E-state index contributed by atoms with van der Waals surface area (Å²) < 4.78 is 13.7. The lowest BCUT2D eigenvalue weighted by Crippen LogP contribution is -2.45. The van der Waals surface area contributed by atoms with Crippen LogP contribution in [0, 0.1) is 15.9 Å². The lowest BCUT2D eigenvalue weighted by Gasteiger charge is -2.30. The largest absolute Gasteiger partial charge is 0.337 e. The molecule has 0 radical (unpaired) electrons. The minimum absolute atomic E-state index is 0.0983. The molecule has 2 rings (SSSR count). The quantitative estimate of drug-likeness (QED) is 0.646. The average Bonchev–Trinajstić information content (AvgIpc) is 2.37. The first-order valence-corrected chi connectivity index (χ1v) is 5.98. The number of piperidine rings is 1. The standard InChI is InChI=1S/C12H14FN3O3/c13-11-6-9(16(18)19)3-4-10(11)12(17)15-5-1-2-8(14)7-15/h3-4,6,8H,1-2,5,7,14H2. The average molecular weight is 267 g/mol. The van der Waals surface area contributed by atoms with E-state index >= 15 is 0 Å². The van der Waals surface area contributed by atoms with Gasteiger partial charge in [0, 0.05) is 25.2 Å². The van der Waals surface area contributed by atoms with Crippen LogP contribution < -0.4 is 5.73 Å². The van der Waals surface area contributed by atoms with Crippen LogP contribution in [0.5, 0.6) is 0 Å². The maximum absolute atomic E-state index is 13.7. The molecule has 1 aliphatic heterocycles. The van der Waals surface area contributed by atoms with Crippen LogP contribution in [-0.2, 0) is 0 Å². The zero-order chi connectivity index (χ0) is 14.0. The Balaban J connectivity index is 2.21. The third kappa shape index (κ3) is 2.87. The second-order valence-corrected chi connectivity index (χ2v) is 4.57. The summed E-state index contributed by atoms with van der Waals surface area (Å²) in [5, 5.41) is 10.5. The van der Waals surface area contributed by atoms with Crippen molar-refractivity contribution in [3.05, 3.63) is 39.7 Å². The summed E-state index contributed by atoms with van der Waals surface area (Å²) in [4.78, 5) is 23.4. The normalized spacial score (nSPS) is 19.3. The van der Waals surface area contributed by atoms with Crippen LogP contribution >= 0.6 is 0 Å². The molecule has 19 heavy (non-hydrogen) atoms. The number of halogens is 1. The topological polar surface area (TPSA) is 89.5 Å². The maximum atomic E-state index is 13.7. The molecule has 0 spiro atoms. The van der Waals surface area contributed by atoms with Gasteiger partial charge in [0.05, 0.1) is 16.6 Å². The molecule has 1 amide bonds. The van der Waals surface area contributed by atoms with Crippen LogP contribution in [-0.4, -0.2) is 34.9 Å². The van der Waals surface area contributed by atoms with Gasteiger partial charge >= 0.3 is 0 Å². The predicted molar refractivity (Wildman–Crippen MR) is 66.2 cm³/mol. The van der Waals surface area contributed by atoms with Crippen molar-refractivity contribution in [2.24, 2.45) is 5.73 Å². The van der Waals surface area contributed by atoms with Crippen LogP contribution in [0.4, 0.5) is 10.1 Å². The van der Waals surface area contributed by atoms with E-state index in [4.69, 9.17) is 5.73 Å². The molecule has 1 unspecified atom stereocenters. The summed E-state index contributed by atoms with van der Waals surface area (Å²) in [6, 6.07) is 2.94. The molecule has 1 atom stereocenters. The summed E-state index contributed by atoms with van der Waals surface area (Å²) in [6.45, 7) is 0.915. The number of carbonyl (C=O) groups excluding carboxylic acids is 1. The predicted octanol–water partition coefficient (Wildman–Crippen LogP) is 1.30. The highest BCUT2D eigenvalue weighted by Gasteiger charge is 2.25. The third-order valence-corrected chi connectivity index (χ3v) is 3.14. The lowest BCUT2D eigenvalue weighted by atomic mass is 10.0. The van der Waals surface area contributed by atoms with Gasteiger partial charge in [-0.05, 0) is 18.9 Å². The van der Waals surface area contributed by atoms with Crippen molar-refractivity contribution in [2.45, 2.75) is 18.9 Å². The number of nitro benzene ring substituents is 1. The van der Waals surface area contributed by atoms with Gasteiger partial charge in [-0.3, -0.25) is 14.9 Å². The first-order valence-electron chi connectivity index (χ1n) is 5.98. The number of hydrogen-bond acceptors (Lipinski definition) is 4. The fourth-order valence-electron chi connectivity index (χ4n) is 2.16. The molecule has 1 saturated heterocycles. The van der Waals surface area contributed by atoms with Crippen molar-refractivity contribution in [3.8, 4) is 0 Å². The van der Waals surface area contributed by atoms with Crippen LogP contribution in [0.25, 0.3) is 0 Å². The van der Waals surface area contributed by atoms with E-state index in [1.165, 1.54) is 4.90 Å². The molecular weight excluding hydrogens is 253 g/mol. The van der Waals surface area contributed by atoms with E-state index < -0.39 is 16.6 Å². The number of likely N-dealkylation sites (tertiary alicyclic amines) is 1. The van der Waals surface area contributed by atoms with Crippen molar-refractivity contribution in [1.29, 1.82) is 0 Å². The smallest absolute Gasteiger partial charge is 0.272 e. The molecule has 0 saturated carbocycles. The molecule has 2 N–H and O–H groups in total. The Morgan fingerprint density at radius 1 is 1.53 bits per heavy atom. The fourth-order valence-corrected chi connectivity index (χ4v) is 2.16. The Morgan fingerprint density at radius 3 is 2.84 bits per heavy atom. The van der Waals surface area contributed by atoms with Crippen molar-refractivity contribution >= 4 is 11.6 Å². The Morgan fingerprint density at radius 2 is 2.26 bits per heavy atom. The minimum atomic E-state index is -0.877. The second-order valence-electron chi connectivity index (χ2n) is 4.57. The van der Waals surface area contributed by atoms with Crippen LogP contribution in [0.2, 0.25) is 0 Å². The zero-order valence-electron chi connectivity index (χ0n) is 10.2. The molecule has 0 aromatic heterocycles. The number of nitrogens with zero attached hydrogens (tertiary/aromatic N) is 2. The van der Waals surface area contributed by atoms with E-state index in [0.717, 1.165) is 31.0 Å². The van der Waals surface area contributed by atoms with Crippen molar-refractivity contribution in [1.82, 2.24) is 4.90 Å². The minimum Gasteiger partial charge on any atom is -0.337 e. The number of benzene rings is 1. The van der Waals surface area contributed by atoms with Crippen LogP contribution in [0.15, 0.2) is 18.2 Å². The highest BCUT2D eigenvalue weighted by atomic mass is 19.1. The summed E-state index contributed by atoms with van der Waals surface area (Å²) in [7, 11) is 0. The number of non-ortho nitro benzene ring substituents is 1. The molecule has 6 nitrogen and oxygen atoms in total. The van der Waals surface area contributed by atoms with E-state index in [1.807, 2.05) is 0 Å². The van der Waals surface area contributed by atoms with Crippen molar-refractivity contribution < 1.29 is 14.1 Å². The monoisotopic (exact) mass is 267 g/mol. The van der Waals surface area contributed by atoms with E-state index in [0.29, 0.717) is 13.1 Å². The summed E-state index contributed by atoms with van der Waals surface area (Å²) >= 11 is 0. The van der Waals surface area contributed by atoms with Gasteiger partial charge in [0.25, 0.3) is 11.6 Å². The first-order chi connectivity index (χ1) is 8.99. The number of amides is 1. The van der Waals surface area contributed by atoms with Crippen molar-refractivity contribution in [2.75, 3.05) is 13.1 Å². The zero-order valence-corrected chi connectivity index (χ0v) is 10.2. The summed E-state index contributed by atoms with van der Waals surface area (Å²) in [5.41, 5.74) is 5.24.